The minimum absolute atomic E-state index is 0.151. The molecule has 1 nitrogen and oxygen atoms in total. The SMILES string of the molecule is CC(C)=C[SiH2]CN(Cc1ccccc1)Cc1ccccc1. The van der Waals surface area contributed by atoms with Crippen LogP contribution in [0.15, 0.2) is 71.9 Å². The van der Waals surface area contributed by atoms with E-state index < -0.39 is 0 Å². The van der Waals surface area contributed by atoms with E-state index in [4.69, 9.17) is 0 Å². The van der Waals surface area contributed by atoms with Crippen LogP contribution in [0.25, 0.3) is 0 Å². The summed E-state index contributed by atoms with van der Waals surface area (Å²) in [6, 6.07) is 21.6. The van der Waals surface area contributed by atoms with Crippen molar-refractivity contribution in [2.45, 2.75) is 26.9 Å². The van der Waals surface area contributed by atoms with E-state index in [0.29, 0.717) is 0 Å². The van der Waals surface area contributed by atoms with E-state index in [1.165, 1.54) is 22.9 Å². The maximum absolute atomic E-state index is 2.58. The lowest BCUT2D eigenvalue weighted by atomic mass is 10.2. The largest absolute Gasteiger partial charge is 0.298 e. The standard InChI is InChI=1S/C19H25NSi/c1-17(2)15-21-16-20(13-18-9-5-3-6-10-18)14-19-11-7-4-8-12-19/h3-12,15H,13-14,16,21H2,1-2H3. The predicted octanol–water partition coefficient (Wildman–Crippen LogP) is 3.74. The number of benzene rings is 2. The van der Waals surface area contributed by atoms with Gasteiger partial charge < -0.3 is 0 Å². The molecule has 0 heterocycles. The van der Waals surface area contributed by atoms with Gasteiger partial charge in [-0.15, -0.1) is 5.70 Å². The number of nitrogens with zero attached hydrogens (tertiary/aromatic N) is 1. The molecule has 0 saturated carbocycles. The van der Waals surface area contributed by atoms with Crippen molar-refractivity contribution >= 4 is 9.52 Å². The molecule has 0 radical (unpaired) electrons. The third-order valence-corrected chi connectivity index (χ3v) is 5.49. The smallest absolute Gasteiger partial charge is 0.0612 e. The molecule has 0 aliphatic carbocycles. The zero-order chi connectivity index (χ0) is 14.9. The van der Waals surface area contributed by atoms with Crippen LogP contribution in [0.5, 0.6) is 0 Å². The summed E-state index contributed by atoms with van der Waals surface area (Å²) in [5, 5.41) is 0. The molecule has 2 aromatic rings. The Morgan fingerprint density at radius 3 is 1.76 bits per heavy atom. The Labute approximate surface area is 131 Å². The highest BCUT2D eigenvalue weighted by molar-refractivity contribution is 6.42. The zero-order valence-corrected chi connectivity index (χ0v) is 14.5. The van der Waals surface area contributed by atoms with E-state index in [2.05, 4.69) is 85.1 Å². The summed E-state index contributed by atoms with van der Waals surface area (Å²) in [4.78, 5) is 2.58. The van der Waals surface area contributed by atoms with Crippen LogP contribution < -0.4 is 0 Å². The lowest BCUT2D eigenvalue weighted by molar-refractivity contribution is 0.300. The van der Waals surface area contributed by atoms with Gasteiger partial charge in [0, 0.05) is 13.1 Å². The summed E-state index contributed by atoms with van der Waals surface area (Å²) < 4.78 is 0. The molecule has 0 atom stereocenters. The van der Waals surface area contributed by atoms with Crippen molar-refractivity contribution in [2.75, 3.05) is 6.17 Å². The normalized spacial score (nSPS) is 11.2. The summed E-state index contributed by atoms with van der Waals surface area (Å²) >= 11 is 0. The first-order valence-electron chi connectivity index (χ1n) is 7.67. The first kappa shape index (κ1) is 15.7. The second kappa shape index (κ2) is 8.60. The van der Waals surface area contributed by atoms with Crippen LogP contribution in [0, 0.1) is 0 Å². The fourth-order valence-corrected chi connectivity index (χ4v) is 3.82. The molecule has 2 rings (SSSR count). The maximum atomic E-state index is 2.58. The van der Waals surface area contributed by atoms with E-state index >= 15 is 0 Å². The van der Waals surface area contributed by atoms with E-state index in [1.54, 1.807) is 0 Å². The maximum Gasteiger partial charge on any atom is 0.0612 e. The van der Waals surface area contributed by atoms with Crippen molar-refractivity contribution in [1.29, 1.82) is 0 Å². The topological polar surface area (TPSA) is 3.24 Å². The van der Waals surface area contributed by atoms with Crippen LogP contribution in [-0.2, 0) is 13.1 Å². The van der Waals surface area contributed by atoms with Gasteiger partial charge in [0.1, 0.15) is 0 Å². The summed E-state index contributed by atoms with van der Waals surface area (Å²) in [7, 11) is -0.151. The molecule has 2 heteroatoms. The third kappa shape index (κ3) is 6.11. The van der Waals surface area contributed by atoms with Crippen LogP contribution in [0.1, 0.15) is 25.0 Å². The third-order valence-electron chi connectivity index (χ3n) is 3.50. The van der Waals surface area contributed by atoms with Crippen LogP contribution >= 0.6 is 0 Å². The Kier molecular flexibility index (Phi) is 6.45. The van der Waals surface area contributed by atoms with E-state index in [0.717, 1.165) is 13.1 Å². The van der Waals surface area contributed by atoms with Gasteiger partial charge in [0.05, 0.1) is 9.52 Å². The summed E-state index contributed by atoms with van der Waals surface area (Å²) in [6.45, 7) is 6.48. The van der Waals surface area contributed by atoms with Crippen LogP contribution in [-0.4, -0.2) is 20.6 Å². The molecular weight excluding hydrogens is 270 g/mol. The Bertz CT molecular complexity index is 503. The molecule has 0 saturated heterocycles. The molecule has 0 fully saturated rings. The van der Waals surface area contributed by atoms with Gasteiger partial charge in [0.2, 0.25) is 0 Å². The Hall–Kier alpha value is -1.64. The molecule has 21 heavy (non-hydrogen) atoms. The molecule has 0 spiro atoms. The number of rotatable bonds is 7. The Balaban J connectivity index is 2.01. The van der Waals surface area contributed by atoms with Crippen molar-refractivity contribution in [1.82, 2.24) is 4.90 Å². The van der Waals surface area contributed by atoms with E-state index in [1.807, 2.05) is 0 Å². The highest BCUT2D eigenvalue weighted by Gasteiger charge is 2.06. The first-order valence-corrected chi connectivity index (χ1v) is 9.49. The molecule has 0 amide bonds. The van der Waals surface area contributed by atoms with Crippen molar-refractivity contribution < 1.29 is 0 Å². The van der Waals surface area contributed by atoms with E-state index in [9.17, 15) is 0 Å². The van der Waals surface area contributed by atoms with Gasteiger partial charge in [-0.2, -0.15) is 0 Å². The molecule has 110 valence electrons. The summed E-state index contributed by atoms with van der Waals surface area (Å²) in [5.41, 5.74) is 6.73. The summed E-state index contributed by atoms with van der Waals surface area (Å²) in [6.07, 6.45) is 1.23. The lowest BCUT2D eigenvalue weighted by Crippen LogP contribution is -2.27. The average Bonchev–Trinajstić information content (AvgIpc) is 2.49. The lowest BCUT2D eigenvalue weighted by Gasteiger charge is -2.22. The van der Waals surface area contributed by atoms with Crippen LogP contribution in [0.4, 0.5) is 0 Å². The fourth-order valence-electron chi connectivity index (χ4n) is 2.43. The van der Waals surface area contributed by atoms with Gasteiger partial charge in [-0.3, -0.25) is 4.90 Å². The van der Waals surface area contributed by atoms with Gasteiger partial charge in [-0.1, -0.05) is 66.2 Å². The fraction of sp³-hybridized carbons (Fsp3) is 0.263. The molecule has 2 aromatic carbocycles. The molecule has 0 N–H and O–H groups in total. The molecular formula is C19H25NSi. The van der Waals surface area contributed by atoms with Crippen molar-refractivity contribution in [2.24, 2.45) is 0 Å². The molecule has 0 unspecified atom stereocenters. The highest BCUT2D eigenvalue weighted by atomic mass is 28.2. The monoisotopic (exact) mass is 295 g/mol. The van der Waals surface area contributed by atoms with Gasteiger partial charge in [-0.05, 0) is 31.1 Å². The summed E-state index contributed by atoms with van der Waals surface area (Å²) in [5.74, 6) is 0. The molecule has 0 aliphatic rings. The average molecular weight is 296 g/mol. The van der Waals surface area contributed by atoms with Gasteiger partial charge >= 0.3 is 0 Å². The quantitative estimate of drug-likeness (QED) is 0.703. The minimum atomic E-state index is -0.151. The molecule has 0 aromatic heterocycles. The number of hydrogen-bond acceptors (Lipinski definition) is 1. The molecule has 0 bridgehead atoms. The van der Waals surface area contributed by atoms with Gasteiger partial charge in [0.15, 0.2) is 0 Å². The van der Waals surface area contributed by atoms with Crippen molar-refractivity contribution in [3.05, 3.63) is 83.1 Å². The number of allylic oxidation sites excluding steroid dienone is 1. The second-order valence-corrected chi connectivity index (χ2v) is 7.18. The number of hydrogen-bond donors (Lipinski definition) is 0. The molecule has 0 aliphatic heterocycles. The minimum Gasteiger partial charge on any atom is -0.298 e. The predicted molar refractivity (Wildman–Crippen MR) is 95.0 cm³/mol. The van der Waals surface area contributed by atoms with Crippen molar-refractivity contribution in [3.63, 3.8) is 0 Å². The zero-order valence-electron chi connectivity index (χ0n) is 13.1. The van der Waals surface area contributed by atoms with Crippen LogP contribution in [0.2, 0.25) is 0 Å². The van der Waals surface area contributed by atoms with E-state index in [-0.39, 0.29) is 9.52 Å². The van der Waals surface area contributed by atoms with Crippen LogP contribution in [0.3, 0.4) is 0 Å². The van der Waals surface area contributed by atoms with Gasteiger partial charge in [-0.25, -0.2) is 0 Å². The highest BCUT2D eigenvalue weighted by Crippen LogP contribution is 2.09. The first-order chi connectivity index (χ1) is 10.2. The van der Waals surface area contributed by atoms with Gasteiger partial charge in [0.25, 0.3) is 0 Å². The Morgan fingerprint density at radius 1 is 0.857 bits per heavy atom. The Morgan fingerprint density at radius 2 is 1.33 bits per heavy atom. The van der Waals surface area contributed by atoms with Crippen molar-refractivity contribution in [3.8, 4) is 0 Å². The second-order valence-electron chi connectivity index (χ2n) is 5.75.